The fourth-order valence-electron chi connectivity index (χ4n) is 4.79. The number of hydrogen-bond donors (Lipinski definition) is 3. The second-order valence-electron chi connectivity index (χ2n) is 10.2. The summed E-state index contributed by atoms with van der Waals surface area (Å²) in [6.07, 6.45) is 2.65. The number of carboxylic acid groups (broad SMARTS) is 1. The van der Waals surface area contributed by atoms with E-state index in [4.69, 9.17) is 4.74 Å². The number of para-hydroxylation sites is 1. The third kappa shape index (κ3) is 8.64. The maximum atomic E-state index is 14.2. The maximum absolute atomic E-state index is 14.2. The van der Waals surface area contributed by atoms with Gasteiger partial charge in [0.2, 0.25) is 5.91 Å². The molecule has 7 nitrogen and oxygen atoms in total. The minimum Gasteiger partial charge on any atom is -0.494 e. The first-order valence-corrected chi connectivity index (χ1v) is 14.4. The molecule has 0 aromatic heterocycles. The number of halogens is 1. The summed E-state index contributed by atoms with van der Waals surface area (Å²) in [6.45, 7) is 4.39. The molecule has 0 bridgehead atoms. The first-order chi connectivity index (χ1) is 21.4. The van der Waals surface area contributed by atoms with E-state index in [0.29, 0.717) is 54.1 Å². The van der Waals surface area contributed by atoms with E-state index in [1.807, 2.05) is 6.07 Å². The molecule has 0 fully saturated rings. The van der Waals surface area contributed by atoms with Crippen LogP contribution in [0.4, 0.5) is 10.1 Å². The zero-order valence-corrected chi connectivity index (χ0v) is 24.2. The highest BCUT2D eigenvalue weighted by Crippen LogP contribution is 2.24. The van der Waals surface area contributed by atoms with Gasteiger partial charge in [-0.1, -0.05) is 78.9 Å². The number of aliphatic carboxylic acids is 1. The molecule has 4 aromatic carbocycles. The highest BCUT2D eigenvalue weighted by atomic mass is 19.1. The normalized spacial score (nSPS) is 12.0. The molecular formula is C36H35FN2O5. The Morgan fingerprint density at radius 2 is 1.57 bits per heavy atom. The van der Waals surface area contributed by atoms with E-state index in [-0.39, 0.29) is 18.1 Å². The molecule has 4 rings (SSSR count). The number of rotatable bonds is 16. The van der Waals surface area contributed by atoms with Crippen molar-refractivity contribution in [3.05, 3.63) is 144 Å². The van der Waals surface area contributed by atoms with Gasteiger partial charge in [-0.2, -0.15) is 0 Å². The number of anilines is 1. The smallest absolute Gasteiger partial charge is 0.326 e. The van der Waals surface area contributed by atoms with Crippen molar-refractivity contribution in [3.63, 3.8) is 0 Å². The molecule has 44 heavy (non-hydrogen) atoms. The molecule has 226 valence electrons. The lowest BCUT2D eigenvalue weighted by Gasteiger charge is -2.18. The van der Waals surface area contributed by atoms with Gasteiger partial charge in [-0.25, -0.2) is 9.18 Å². The third-order valence-corrected chi connectivity index (χ3v) is 7.09. The molecule has 4 aromatic rings. The number of ketones is 1. The Morgan fingerprint density at radius 3 is 2.27 bits per heavy atom. The van der Waals surface area contributed by atoms with Crippen LogP contribution in [0.25, 0.3) is 0 Å². The summed E-state index contributed by atoms with van der Waals surface area (Å²) in [5.41, 5.74) is 2.48. The Morgan fingerprint density at radius 1 is 0.886 bits per heavy atom. The molecule has 0 heterocycles. The summed E-state index contributed by atoms with van der Waals surface area (Å²) >= 11 is 0. The van der Waals surface area contributed by atoms with Crippen LogP contribution in [0, 0.1) is 5.82 Å². The van der Waals surface area contributed by atoms with Crippen molar-refractivity contribution in [1.29, 1.82) is 0 Å². The average molecular weight is 595 g/mol. The van der Waals surface area contributed by atoms with Crippen molar-refractivity contribution in [2.45, 2.75) is 31.2 Å². The second-order valence-corrected chi connectivity index (χ2v) is 10.2. The fourth-order valence-corrected chi connectivity index (χ4v) is 4.79. The monoisotopic (exact) mass is 594 g/mol. The topological polar surface area (TPSA) is 105 Å². The van der Waals surface area contributed by atoms with E-state index in [0.717, 1.165) is 5.56 Å². The maximum Gasteiger partial charge on any atom is 0.326 e. The number of nitrogens with one attached hydrogen (secondary N) is 2. The van der Waals surface area contributed by atoms with Gasteiger partial charge in [0.25, 0.3) is 0 Å². The van der Waals surface area contributed by atoms with Crippen molar-refractivity contribution in [3.8, 4) is 5.75 Å². The third-order valence-electron chi connectivity index (χ3n) is 7.09. The van der Waals surface area contributed by atoms with Gasteiger partial charge in [0, 0.05) is 35.3 Å². The van der Waals surface area contributed by atoms with Crippen LogP contribution in [0.2, 0.25) is 0 Å². The SMILES string of the molecule is C=CCC(C(=O)NCCCOc1ccc(CC(Nc2ccccc2C(=O)c2ccccc2)C(=O)O)cc1)c1ccccc1F. The largest absolute Gasteiger partial charge is 0.494 e. The number of allylic oxidation sites excluding steroid dienone is 1. The highest BCUT2D eigenvalue weighted by Gasteiger charge is 2.23. The summed E-state index contributed by atoms with van der Waals surface area (Å²) in [7, 11) is 0. The number of benzene rings is 4. The van der Waals surface area contributed by atoms with E-state index >= 15 is 0 Å². The minimum atomic E-state index is -1.04. The summed E-state index contributed by atoms with van der Waals surface area (Å²) in [5.74, 6) is -1.97. The van der Waals surface area contributed by atoms with Crippen molar-refractivity contribution in [2.24, 2.45) is 0 Å². The number of carboxylic acids is 1. The predicted molar refractivity (Wildman–Crippen MR) is 169 cm³/mol. The molecule has 0 aliphatic carbocycles. The molecule has 0 aliphatic rings. The molecular weight excluding hydrogens is 559 g/mol. The van der Waals surface area contributed by atoms with Crippen LogP contribution in [-0.4, -0.2) is 42.0 Å². The lowest BCUT2D eigenvalue weighted by Crippen LogP contribution is -2.32. The molecule has 8 heteroatoms. The van der Waals surface area contributed by atoms with E-state index < -0.39 is 23.7 Å². The van der Waals surface area contributed by atoms with Crippen molar-refractivity contribution in [1.82, 2.24) is 5.32 Å². The van der Waals surface area contributed by atoms with Crippen LogP contribution >= 0.6 is 0 Å². The quantitative estimate of drug-likeness (QED) is 0.0787. The first-order valence-electron chi connectivity index (χ1n) is 14.4. The van der Waals surface area contributed by atoms with Gasteiger partial charge >= 0.3 is 5.97 Å². The molecule has 0 spiro atoms. The van der Waals surface area contributed by atoms with Gasteiger partial charge in [0.1, 0.15) is 17.6 Å². The Kier molecular flexibility index (Phi) is 11.4. The van der Waals surface area contributed by atoms with Crippen molar-refractivity contribution >= 4 is 23.3 Å². The lowest BCUT2D eigenvalue weighted by molar-refractivity contribution is -0.137. The number of carbonyl (C=O) groups is 3. The molecule has 0 aliphatic heterocycles. The molecule has 2 atom stereocenters. The molecule has 0 saturated heterocycles. The Labute approximate surface area is 256 Å². The van der Waals surface area contributed by atoms with Crippen molar-refractivity contribution < 1.29 is 28.6 Å². The van der Waals surface area contributed by atoms with Crippen LogP contribution in [0.5, 0.6) is 5.75 Å². The Bertz CT molecular complexity index is 1570. The summed E-state index contributed by atoms with van der Waals surface area (Å²) < 4.78 is 20.0. The van der Waals surface area contributed by atoms with Gasteiger partial charge in [-0.05, 0) is 48.7 Å². The minimum absolute atomic E-state index is 0.184. The summed E-state index contributed by atoms with van der Waals surface area (Å²) in [5, 5.41) is 15.8. The Balaban J connectivity index is 1.28. The lowest BCUT2D eigenvalue weighted by atomic mass is 9.94. The van der Waals surface area contributed by atoms with Gasteiger partial charge in [0.05, 0.1) is 12.5 Å². The van der Waals surface area contributed by atoms with Crippen LogP contribution < -0.4 is 15.4 Å². The second kappa shape index (κ2) is 15.8. The number of amides is 1. The average Bonchev–Trinajstić information content (AvgIpc) is 3.04. The number of carbonyl (C=O) groups excluding carboxylic acids is 2. The molecule has 0 saturated carbocycles. The predicted octanol–water partition coefficient (Wildman–Crippen LogP) is 6.41. The van der Waals surface area contributed by atoms with Gasteiger partial charge in [0.15, 0.2) is 5.78 Å². The molecule has 3 N–H and O–H groups in total. The first kappa shape index (κ1) is 31.7. The molecule has 2 unspecified atom stereocenters. The van der Waals surface area contributed by atoms with E-state index in [2.05, 4.69) is 17.2 Å². The standard InChI is InChI=1S/C36H35FN2O5/c1-2-11-29(28-14-6-8-16-31(28)37)35(41)38-22-10-23-44-27-20-18-25(19-21-27)24-33(36(42)43)39-32-17-9-7-15-30(32)34(40)26-12-4-3-5-13-26/h2-9,12-21,29,33,39H,1,10-11,22-24H2,(H,38,41)(H,42,43). The fraction of sp³-hybridized carbons (Fsp3) is 0.194. The van der Waals surface area contributed by atoms with Gasteiger partial charge in [-0.3, -0.25) is 9.59 Å². The zero-order chi connectivity index (χ0) is 31.3. The van der Waals surface area contributed by atoms with Crippen LogP contribution in [0.15, 0.2) is 116 Å². The van der Waals surface area contributed by atoms with Crippen molar-refractivity contribution in [2.75, 3.05) is 18.5 Å². The van der Waals surface area contributed by atoms with Gasteiger partial charge in [-0.15, -0.1) is 6.58 Å². The molecule has 1 amide bonds. The van der Waals surface area contributed by atoms with E-state index in [1.54, 1.807) is 97.1 Å². The summed E-state index contributed by atoms with van der Waals surface area (Å²) in [6, 6.07) is 28.1. The number of hydrogen-bond acceptors (Lipinski definition) is 5. The van der Waals surface area contributed by atoms with E-state index in [1.165, 1.54) is 6.07 Å². The zero-order valence-electron chi connectivity index (χ0n) is 24.2. The van der Waals surface area contributed by atoms with Crippen LogP contribution in [0.1, 0.15) is 45.8 Å². The van der Waals surface area contributed by atoms with Crippen LogP contribution in [0.3, 0.4) is 0 Å². The highest BCUT2D eigenvalue weighted by molar-refractivity contribution is 6.12. The van der Waals surface area contributed by atoms with Crippen LogP contribution in [-0.2, 0) is 16.0 Å². The van der Waals surface area contributed by atoms with E-state index in [9.17, 15) is 23.9 Å². The molecule has 0 radical (unpaired) electrons. The summed E-state index contributed by atoms with van der Waals surface area (Å²) in [4.78, 5) is 37.9. The van der Waals surface area contributed by atoms with Gasteiger partial charge < -0.3 is 20.5 Å². The number of ether oxygens (including phenoxy) is 1. The Hall–Kier alpha value is -5.24.